The normalized spacial score (nSPS) is 18.7. The number of carbonyl (C=O) groups is 2. The van der Waals surface area contributed by atoms with Crippen molar-refractivity contribution < 1.29 is 34.4 Å². The number of benzene rings is 1. The Morgan fingerprint density at radius 2 is 1.67 bits per heavy atom. The van der Waals surface area contributed by atoms with E-state index in [1.165, 1.54) is 6.20 Å². The van der Waals surface area contributed by atoms with Gasteiger partial charge in [-0.05, 0) is 37.1 Å². The molecule has 1 atom stereocenters. The highest BCUT2D eigenvalue weighted by molar-refractivity contribution is 6.07. The van der Waals surface area contributed by atoms with Gasteiger partial charge in [0.05, 0.1) is 26.9 Å². The molecule has 1 aliphatic heterocycles. The number of ether oxygens (including phenoxy) is 2. The molecule has 1 aromatic carbocycles. The van der Waals surface area contributed by atoms with Crippen molar-refractivity contribution in [3.05, 3.63) is 58.7 Å². The lowest BCUT2D eigenvalue weighted by Gasteiger charge is -2.25. The highest BCUT2D eigenvalue weighted by Gasteiger charge is 2.38. The Morgan fingerprint density at radius 1 is 1.10 bits per heavy atom. The van der Waals surface area contributed by atoms with E-state index in [0.717, 1.165) is 39.3 Å². The molecular weight excluding hydrogens is 392 g/mol. The van der Waals surface area contributed by atoms with Gasteiger partial charge in [0, 0.05) is 29.7 Å². The van der Waals surface area contributed by atoms with Gasteiger partial charge in [-0.2, -0.15) is 0 Å². The second-order valence-electron chi connectivity index (χ2n) is 6.85. The average molecular weight is 416 g/mol. The van der Waals surface area contributed by atoms with Gasteiger partial charge in [0.25, 0.3) is 0 Å². The fourth-order valence-electron chi connectivity index (χ4n) is 3.65. The Morgan fingerprint density at radius 3 is 2.17 bits per heavy atom. The third-order valence-corrected chi connectivity index (χ3v) is 5.19. The summed E-state index contributed by atoms with van der Waals surface area (Å²) in [4.78, 5) is 26.3. The zero-order chi connectivity index (χ0) is 21.8. The van der Waals surface area contributed by atoms with E-state index >= 15 is 0 Å². The van der Waals surface area contributed by atoms with Gasteiger partial charge in [-0.1, -0.05) is 0 Å². The number of nitrogens with one attached hydrogen (secondary N) is 1. The van der Waals surface area contributed by atoms with Crippen molar-refractivity contribution in [1.29, 1.82) is 0 Å². The standard InChI is InChI=1S/C21H24N2O7/c1-29-20(27)16-15(17(21(28)30-2)19(26)18(16)25)10-22-12-5-7-13(8-6-12)23-9-3-4-14(23)11-24/h5-8,10,14,22,24-26H,3-4,9,11H2,1-2H3/t14-/m0/s1. The Bertz CT molecular complexity index is 891. The zero-order valence-corrected chi connectivity index (χ0v) is 16.7. The van der Waals surface area contributed by atoms with Crippen LogP contribution in [0.25, 0.3) is 0 Å². The predicted molar refractivity (Wildman–Crippen MR) is 109 cm³/mol. The van der Waals surface area contributed by atoms with Crippen LogP contribution in [0.4, 0.5) is 11.4 Å². The maximum absolute atomic E-state index is 12.1. The molecule has 1 aromatic rings. The number of esters is 2. The number of nitrogens with zero attached hydrogens (tertiary/aromatic N) is 1. The quantitative estimate of drug-likeness (QED) is 0.514. The van der Waals surface area contributed by atoms with Gasteiger partial charge in [-0.3, -0.25) is 0 Å². The van der Waals surface area contributed by atoms with E-state index in [1.807, 2.05) is 12.1 Å². The number of rotatable bonds is 6. The molecule has 1 fully saturated rings. The molecule has 30 heavy (non-hydrogen) atoms. The van der Waals surface area contributed by atoms with Gasteiger partial charge in [0.15, 0.2) is 11.5 Å². The summed E-state index contributed by atoms with van der Waals surface area (Å²) in [5.74, 6) is -3.33. The van der Waals surface area contributed by atoms with Crippen LogP contribution >= 0.6 is 0 Å². The lowest BCUT2D eigenvalue weighted by Crippen LogP contribution is -2.31. The number of aliphatic hydroxyl groups is 3. The molecule has 9 heteroatoms. The third kappa shape index (κ3) is 3.84. The van der Waals surface area contributed by atoms with Crippen LogP contribution in [0, 0.1) is 0 Å². The summed E-state index contributed by atoms with van der Waals surface area (Å²) in [5.41, 5.74) is 0.883. The summed E-state index contributed by atoms with van der Waals surface area (Å²) in [6, 6.07) is 7.50. The second-order valence-corrected chi connectivity index (χ2v) is 6.85. The molecule has 1 heterocycles. The van der Waals surface area contributed by atoms with Gasteiger partial charge in [-0.25, -0.2) is 9.59 Å². The van der Waals surface area contributed by atoms with E-state index in [-0.39, 0.29) is 29.4 Å². The lowest BCUT2D eigenvalue weighted by atomic mass is 10.0. The molecule has 0 spiro atoms. The smallest absolute Gasteiger partial charge is 0.342 e. The van der Waals surface area contributed by atoms with Crippen LogP contribution in [0.1, 0.15) is 12.8 Å². The fraction of sp³-hybridized carbons (Fsp3) is 0.333. The molecule has 3 rings (SSSR count). The van der Waals surface area contributed by atoms with E-state index in [9.17, 15) is 24.9 Å². The number of methoxy groups -OCH3 is 2. The van der Waals surface area contributed by atoms with Gasteiger partial charge < -0.3 is 35.0 Å². The molecule has 0 aromatic heterocycles. The largest absolute Gasteiger partial charge is 0.504 e. The first-order valence-corrected chi connectivity index (χ1v) is 9.41. The molecule has 0 bridgehead atoms. The molecule has 0 saturated carbocycles. The molecule has 160 valence electrons. The van der Waals surface area contributed by atoms with Crippen LogP contribution in [0.3, 0.4) is 0 Å². The van der Waals surface area contributed by atoms with Gasteiger partial charge in [-0.15, -0.1) is 0 Å². The molecule has 0 amide bonds. The van der Waals surface area contributed by atoms with Crippen molar-refractivity contribution in [2.45, 2.75) is 18.9 Å². The van der Waals surface area contributed by atoms with Crippen LogP contribution in [-0.4, -0.2) is 60.7 Å². The minimum absolute atomic E-state index is 0.0485. The van der Waals surface area contributed by atoms with E-state index in [2.05, 4.69) is 19.7 Å². The van der Waals surface area contributed by atoms with Crippen molar-refractivity contribution in [1.82, 2.24) is 0 Å². The van der Waals surface area contributed by atoms with Crippen molar-refractivity contribution >= 4 is 23.3 Å². The molecule has 1 saturated heterocycles. The summed E-state index contributed by atoms with van der Waals surface area (Å²) < 4.78 is 9.30. The molecule has 1 aliphatic carbocycles. The van der Waals surface area contributed by atoms with Gasteiger partial charge in [0.1, 0.15) is 11.1 Å². The Labute approximate surface area is 173 Å². The number of aliphatic hydroxyl groups excluding tert-OH is 3. The van der Waals surface area contributed by atoms with Crippen LogP contribution in [-0.2, 0) is 19.1 Å². The Kier molecular flexibility index (Phi) is 6.31. The SMILES string of the molecule is COC(=O)C1=C(O)C(O)=C(C(=O)OC)C1=CNc1ccc(N2CCC[C@H]2CO)cc1. The van der Waals surface area contributed by atoms with Crippen LogP contribution in [0.15, 0.2) is 58.7 Å². The topological polar surface area (TPSA) is 129 Å². The number of carbonyl (C=O) groups excluding carboxylic acids is 2. The second kappa shape index (κ2) is 8.91. The first-order valence-electron chi connectivity index (χ1n) is 9.41. The van der Waals surface area contributed by atoms with Crippen molar-refractivity contribution in [3.63, 3.8) is 0 Å². The Hall–Kier alpha value is -3.46. The third-order valence-electron chi connectivity index (χ3n) is 5.19. The molecule has 0 radical (unpaired) electrons. The summed E-state index contributed by atoms with van der Waals surface area (Å²) in [7, 11) is 2.25. The van der Waals surface area contributed by atoms with Gasteiger partial charge >= 0.3 is 11.9 Å². The fourth-order valence-corrected chi connectivity index (χ4v) is 3.65. The molecular formula is C21H24N2O7. The minimum Gasteiger partial charge on any atom is -0.504 e. The highest BCUT2D eigenvalue weighted by atomic mass is 16.5. The Balaban J connectivity index is 1.87. The monoisotopic (exact) mass is 416 g/mol. The summed E-state index contributed by atoms with van der Waals surface area (Å²) in [6.45, 7) is 0.978. The summed E-state index contributed by atoms with van der Waals surface area (Å²) >= 11 is 0. The lowest BCUT2D eigenvalue weighted by molar-refractivity contribution is -0.136. The zero-order valence-electron chi connectivity index (χ0n) is 16.7. The average Bonchev–Trinajstić information content (AvgIpc) is 3.34. The first-order chi connectivity index (χ1) is 14.4. The molecule has 4 N–H and O–H groups in total. The van der Waals surface area contributed by atoms with Crippen molar-refractivity contribution in [2.24, 2.45) is 0 Å². The minimum atomic E-state index is -0.912. The first kappa shape index (κ1) is 21.3. The predicted octanol–water partition coefficient (Wildman–Crippen LogP) is 1.93. The van der Waals surface area contributed by atoms with Crippen LogP contribution in [0.5, 0.6) is 0 Å². The number of hydrogen-bond donors (Lipinski definition) is 4. The maximum atomic E-state index is 12.1. The van der Waals surface area contributed by atoms with Crippen LogP contribution in [0.2, 0.25) is 0 Å². The highest BCUT2D eigenvalue weighted by Crippen LogP contribution is 2.36. The van der Waals surface area contributed by atoms with Crippen molar-refractivity contribution in [3.8, 4) is 0 Å². The maximum Gasteiger partial charge on any atom is 0.342 e. The molecule has 9 nitrogen and oxygen atoms in total. The van der Waals surface area contributed by atoms with Crippen molar-refractivity contribution in [2.75, 3.05) is 37.6 Å². The van der Waals surface area contributed by atoms with Crippen LogP contribution < -0.4 is 10.2 Å². The van der Waals surface area contributed by atoms with E-state index in [4.69, 9.17) is 0 Å². The van der Waals surface area contributed by atoms with E-state index < -0.39 is 23.5 Å². The summed E-state index contributed by atoms with van der Waals surface area (Å²) in [5, 5.41) is 32.7. The number of hydrogen-bond acceptors (Lipinski definition) is 9. The number of anilines is 2. The van der Waals surface area contributed by atoms with Gasteiger partial charge in [0.2, 0.25) is 0 Å². The molecule has 2 aliphatic rings. The van der Waals surface area contributed by atoms with E-state index in [1.54, 1.807) is 12.1 Å². The molecule has 0 unspecified atom stereocenters. The van der Waals surface area contributed by atoms with E-state index in [0.29, 0.717) is 5.69 Å². The summed E-state index contributed by atoms with van der Waals surface area (Å²) in [6.07, 6.45) is 3.29.